The maximum Gasteiger partial charge on any atom is 0.257 e. The lowest BCUT2D eigenvalue weighted by molar-refractivity contribution is -0.139. The number of nitrogens with zero attached hydrogens (tertiary/aromatic N) is 1. The Kier molecular flexibility index (Phi) is 2.52. The molecule has 1 aliphatic heterocycles. The second-order valence-electron chi connectivity index (χ2n) is 3.32. The first-order chi connectivity index (χ1) is 6.00. The predicted octanol–water partition coefficient (Wildman–Crippen LogP) is 0.0388. The Balaban J connectivity index is 2.97. The predicted molar refractivity (Wildman–Crippen MR) is 48.7 cm³/mol. The van der Waals surface area contributed by atoms with E-state index < -0.39 is 0 Å². The first-order valence-electron chi connectivity index (χ1n) is 4.26. The van der Waals surface area contributed by atoms with Crippen LogP contribution in [0, 0.1) is 0 Å². The Morgan fingerprint density at radius 2 is 1.62 bits per heavy atom. The van der Waals surface area contributed by atoms with Crippen molar-refractivity contribution in [3.05, 3.63) is 11.1 Å². The second-order valence-corrected chi connectivity index (χ2v) is 3.32. The zero-order chi connectivity index (χ0) is 10.2. The number of imide groups is 1. The third-order valence-electron chi connectivity index (χ3n) is 2.42. The molecule has 4 nitrogen and oxygen atoms in total. The summed E-state index contributed by atoms with van der Waals surface area (Å²) in [6, 6.07) is -0.215. The molecule has 0 fully saturated rings. The van der Waals surface area contributed by atoms with Crippen LogP contribution in [0.1, 0.15) is 20.8 Å². The Labute approximate surface area is 77.4 Å². The van der Waals surface area contributed by atoms with E-state index in [1.807, 2.05) is 0 Å². The molecule has 0 radical (unpaired) electrons. The third-order valence-corrected chi connectivity index (χ3v) is 2.42. The maximum atomic E-state index is 11.5. The van der Waals surface area contributed by atoms with E-state index in [0.29, 0.717) is 17.7 Å². The molecular formula is C9H14N2O2. The van der Waals surface area contributed by atoms with Gasteiger partial charge in [-0.2, -0.15) is 0 Å². The largest absolute Gasteiger partial charge is 0.328 e. The first-order valence-corrected chi connectivity index (χ1v) is 4.26. The summed E-state index contributed by atoms with van der Waals surface area (Å²) < 4.78 is 0. The minimum absolute atomic E-state index is 0.208. The van der Waals surface area contributed by atoms with Gasteiger partial charge in [0.25, 0.3) is 11.8 Å². The Morgan fingerprint density at radius 3 is 1.92 bits per heavy atom. The lowest BCUT2D eigenvalue weighted by atomic mass is 10.2. The molecule has 1 heterocycles. The number of carbonyl (C=O) groups excluding carboxylic acids is 2. The van der Waals surface area contributed by atoms with Crippen LogP contribution >= 0.6 is 0 Å². The maximum absolute atomic E-state index is 11.5. The lowest BCUT2D eigenvalue weighted by Crippen LogP contribution is -2.43. The van der Waals surface area contributed by atoms with Crippen molar-refractivity contribution in [1.82, 2.24) is 4.90 Å². The normalized spacial score (nSPS) is 20.2. The molecule has 0 spiro atoms. The standard InChI is InChI=1S/C9H14N2O2/c1-5(4-10)11-8(12)6(2)7(3)9(11)13/h5H,4,10H2,1-3H3. The van der Waals surface area contributed by atoms with Gasteiger partial charge in [-0.3, -0.25) is 14.5 Å². The van der Waals surface area contributed by atoms with Crippen LogP contribution in [0.2, 0.25) is 0 Å². The molecule has 0 saturated carbocycles. The first kappa shape index (κ1) is 9.92. The van der Waals surface area contributed by atoms with Crippen molar-refractivity contribution in [3.63, 3.8) is 0 Å². The van der Waals surface area contributed by atoms with E-state index in [4.69, 9.17) is 5.73 Å². The van der Waals surface area contributed by atoms with E-state index in [0.717, 1.165) is 0 Å². The molecule has 2 N–H and O–H groups in total. The molecule has 1 rings (SSSR count). The average Bonchev–Trinajstić information content (AvgIpc) is 2.30. The zero-order valence-electron chi connectivity index (χ0n) is 8.13. The van der Waals surface area contributed by atoms with Crippen LogP contribution < -0.4 is 5.73 Å². The number of hydrogen-bond acceptors (Lipinski definition) is 3. The molecule has 0 aromatic carbocycles. The van der Waals surface area contributed by atoms with Crippen molar-refractivity contribution in [2.75, 3.05) is 6.54 Å². The van der Waals surface area contributed by atoms with Crippen molar-refractivity contribution in [1.29, 1.82) is 0 Å². The molecule has 1 atom stereocenters. The molecule has 72 valence electrons. The van der Waals surface area contributed by atoms with Crippen molar-refractivity contribution in [2.24, 2.45) is 5.73 Å². The van der Waals surface area contributed by atoms with Crippen LogP contribution in [0.3, 0.4) is 0 Å². The SMILES string of the molecule is CC1=C(C)C(=O)N(C(C)CN)C1=O. The highest BCUT2D eigenvalue weighted by atomic mass is 16.2. The van der Waals surface area contributed by atoms with Gasteiger partial charge in [0.1, 0.15) is 0 Å². The van der Waals surface area contributed by atoms with Crippen LogP contribution in [0.5, 0.6) is 0 Å². The molecule has 1 aliphatic rings. The summed E-state index contributed by atoms with van der Waals surface area (Å²) in [5.74, 6) is -0.416. The molecule has 0 aromatic heterocycles. The lowest BCUT2D eigenvalue weighted by Gasteiger charge is -2.21. The van der Waals surface area contributed by atoms with Crippen LogP contribution in [0.4, 0.5) is 0 Å². The third kappa shape index (κ3) is 1.37. The number of carbonyl (C=O) groups is 2. The van der Waals surface area contributed by atoms with Gasteiger partial charge in [-0.1, -0.05) is 0 Å². The number of nitrogens with two attached hydrogens (primary N) is 1. The number of hydrogen-bond donors (Lipinski definition) is 1. The molecule has 0 aromatic rings. The molecule has 4 heteroatoms. The van der Waals surface area contributed by atoms with Crippen LogP contribution in [-0.4, -0.2) is 29.3 Å². The number of rotatable bonds is 2. The quantitative estimate of drug-likeness (QED) is 0.613. The molecular weight excluding hydrogens is 168 g/mol. The van der Waals surface area contributed by atoms with Gasteiger partial charge >= 0.3 is 0 Å². The molecule has 2 amide bonds. The summed E-state index contributed by atoms with van der Waals surface area (Å²) in [6.07, 6.45) is 0. The second kappa shape index (κ2) is 3.30. The highest BCUT2D eigenvalue weighted by Crippen LogP contribution is 2.21. The number of amides is 2. The Morgan fingerprint density at radius 1 is 1.23 bits per heavy atom. The van der Waals surface area contributed by atoms with Crippen LogP contribution in [0.15, 0.2) is 11.1 Å². The Bertz CT molecular complexity index is 270. The molecule has 0 aliphatic carbocycles. The zero-order valence-corrected chi connectivity index (χ0v) is 8.13. The highest BCUT2D eigenvalue weighted by Gasteiger charge is 2.35. The van der Waals surface area contributed by atoms with Gasteiger partial charge in [0.15, 0.2) is 0 Å². The van der Waals surface area contributed by atoms with Crippen LogP contribution in [-0.2, 0) is 9.59 Å². The fourth-order valence-corrected chi connectivity index (χ4v) is 1.28. The van der Waals surface area contributed by atoms with Gasteiger partial charge in [0, 0.05) is 23.7 Å². The van der Waals surface area contributed by atoms with Gasteiger partial charge in [0.05, 0.1) is 0 Å². The van der Waals surface area contributed by atoms with Gasteiger partial charge in [-0.05, 0) is 20.8 Å². The van der Waals surface area contributed by atoms with Gasteiger partial charge in [0.2, 0.25) is 0 Å². The summed E-state index contributed by atoms with van der Waals surface area (Å²) >= 11 is 0. The van der Waals surface area contributed by atoms with E-state index >= 15 is 0 Å². The van der Waals surface area contributed by atoms with Crippen molar-refractivity contribution in [2.45, 2.75) is 26.8 Å². The molecule has 0 saturated heterocycles. The molecule has 1 unspecified atom stereocenters. The minimum atomic E-state index is -0.215. The average molecular weight is 182 g/mol. The topological polar surface area (TPSA) is 63.4 Å². The summed E-state index contributed by atoms with van der Waals surface area (Å²) in [7, 11) is 0. The van der Waals surface area contributed by atoms with E-state index in [9.17, 15) is 9.59 Å². The molecule has 13 heavy (non-hydrogen) atoms. The minimum Gasteiger partial charge on any atom is -0.328 e. The van der Waals surface area contributed by atoms with Crippen molar-refractivity contribution >= 4 is 11.8 Å². The van der Waals surface area contributed by atoms with E-state index in [1.54, 1.807) is 20.8 Å². The van der Waals surface area contributed by atoms with Gasteiger partial charge < -0.3 is 5.73 Å². The monoisotopic (exact) mass is 182 g/mol. The van der Waals surface area contributed by atoms with Gasteiger partial charge in [-0.25, -0.2) is 0 Å². The van der Waals surface area contributed by atoms with Gasteiger partial charge in [-0.15, -0.1) is 0 Å². The summed E-state index contributed by atoms with van der Waals surface area (Å²) in [5, 5.41) is 0. The summed E-state index contributed by atoms with van der Waals surface area (Å²) in [4.78, 5) is 24.3. The Hall–Kier alpha value is -1.16. The highest BCUT2D eigenvalue weighted by molar-refractivity contribution is 6.18. The summed E-state index contributed by atoms with van der Waals surface area (Å²) in [5.41, 5.74) is 6.47. The van der Waals surface area contributed by atoms with Crippen molar-refractivity contribution < 1.29 is 9.59 Å². The van der Waals surface area contributed by atoms with E-state index in [2.05, 4.69) is 0 Å². The van der Waals surface area contributed by atoms with Crippen LogP contribution in [0.25, 0.3) is 0 Å². The van der Waals surface area contributed by atoms with E-state index in [-0.39, 0.29) is 17.9 Å². The fraction of sp³-hybridized carbons (Fsp3) is 0.556. The smallest absolute Gasteiger partial charge is 0.257 e. The summed E-state index contributed by atoms with van der Waals surface area (Å²) in [6.45, 7) is 5.40. The fourth-order valence-electron chi connectivity index (χ4n) is 1.28. The van der Waals surface area contributed by atoms with Crippen molar-refractivity contribution in [3.8, 4) is 0 Å². The molecule has 0 bridgehead atoms. The van der Waals surface area contributed by atoms with E-state index in [1.165, 1.54) is 4.90 Å².